The second-order valence-corrected chi connectivity index (χ2v) is 5.07. The summed E-state index contributed by atoms with van der Waals surface area (Å²) < 4.78 is 51.1. The third kappa shape index (κ3) is 4.42. The lowest BCUT2D eigenvalue weighted by Crippen LogP contribution is -2.42. The average molecular weight is 304 g/mol. The zero-order valence-corrected chi connectivity index (χ0v) is 11.3. The van der Waals surface area contributed by atoms with Gasteiger partial charge in [0.2, 0.25) is 5.91 Å². The first-order chi connectivity index (χ1) is 9.86. The van der Waals surface area contributed by atoms with E-state index in [4.69, 9.17) is 0 Å². The molecule has 1 atom stereocenters. The molecule has 1 aromatic rings. The molecule has 116 valence electrons. The van der Waals surface area contributed by atoms with Crippen molar-refractivity contribution in [2.24, 2.45) is 0 Å². The van der Waals surface area contributed by atoms with Crippen molar-refractivity contribution in [2.75, 3.05) is 6.54 Å². The van der Waals surface area contributed by atoms with Crippen molar-refractivity contribution >= 4 is 5.91 Å². The van der Waals surface area contributed by atoms with Gasteiger partial charge in [0.05, 0.1) is 11.6 Å². The van der Waals surface area contributed by atoms with Crippen LogP contribution in [0.3, 0.4) is 0 Å². The van der Waals surface area contributed by atoms with E-state index in [0.717, 1.165) is 25.0 Å². The van der Waals surface area contributed by atoms with Crippen molar-refractivity contribution in [3.63, 3.8) is 0 Å². The van der Waals surface area contributed by atoms with Crippen molar-refractivity contribution in [1.29, 1.82) is 0 Å². The summed E-state index contributed by atoms with van der Waals surface area (Å²) in [6.07, 6.45) is -2.24. The lowest BCUT2D eigenvalue weighted by Gasteiger charge is -2.16. The van der Waals surface area contributed by atoms with Gasteiger partial charge in [0.1, 0.15) is 5.82 Å². The average Bonchev–Trinajstić information content (AvgIpc) is 2.59. The Bertz CT molecular complexity index is 516. The van der Waals surface area contributed by atoms with Crippen molar-refractivity contribution in [3.8, 4) is 0 Å². The summed E-state index contributed by atoms with van der Waals surface area (Å²) in [5, 5.41) is 5.61. The van der Waals surface area contributed by atoms with Gasteiger partial charge in [0, 0.05) is 13.1 Å². The fraction of sp³-hybridized carbons (Fsp3) is 0.500. The molecule has 1 saturated heterocycles. The molecule has 1 heterocycles. The maximum absolute atomic E-state index is 13.3. The second kappa shape index (κ2) is 6.43. The lowest BCUT2D eigenvalue weighted by molar-refractivity contribution is -0.137. The fourth-order valence-corrected chi connectivity index (χ4v) is 2.29. The van der Waals surface area contributed by atoms with Crippen LogP contribution in [-0.2, 0) is 17.5 Å². The van der Waals surface area contributed by atoms with Crippen molar-refractivity contribution < 1.29 is 22.4 Å². The number of amides is 1. The third-order valence-electron chi connectivity index (χ3n) is 3.37. The van der Waals surface area contributed by atoms with Gasteiger partial charge < -0.3 is 10.6 Å². The molecular weight excluding hydrogens is 288 g/mol. The van der Waals surface area contributed by atoms with Gasteiger partial charge in [-0.3, -0.25) is 4.79 Å². The van der Waals surface area contributed by atoms with E-state index in [2.05, 4.69) is 10.6 Å². The van der Waals surface area contributed by atoms with Crippen LogP contribution in [0.15, 0.2) is 18.2 Å². The van der Waals surface area contributed by atoms with Crippen LogP contribution in [0.5, 0.6) is 0 Å². The topological polar surface area (TPSA) is 41.1 Å². The van der Waals surface area contributed by atoms with Gasteiger partial charge in [0.15, 0.2) is 0 Å². The predicted octanol–water partition coefficient (Wildman–Crippen LogP) is 2.60. The molecule has 1 aliphatic rings. The molecule has 1 aliphatic heterocycles. The molecule has 1 aromatic carbocycles. The molecule has 2 N–H and O–H groups in total. The normalized spacial score (nSPS) is 20.0. The summed E-state index contributed by atoms with van der Waals surface area (Å²) in [4.78, 5) is 11.7. The minimum atomic E-state index is -4.59. The zero-order valence-electron chi connectivity index (χ0n) is 11.3. The highest BCUT2D eigenvalue weighted by atomic mass is 19.4. The quantitative estimate of drug-likeness (QED) is 0.843. The van der Waals surface area contributed by atoms with Gasteiger partial charge in [-0.1, -0.05) is 0 Å². The van der Waals surface area contributed by atoms with Crippen molar-refractivity contribution in [3.05, 3.63) is 35.1 Å². The summed E-state index contributed by atoms with van der Waals surface area (Å²) in [5.74, 6) is -1.10. The molecule has 0 spiro atoms. The fourth-order valence-electron chi connectivity index (χ4n) is 2.29. The van der Waals surface area contributed by atoms with Crippen LogP contribution in [0, 0.1) is 5.82 Å². The Morgan fingerprint density at radius 1 is 1.24 bits per heavy atom. The van der Waals surface area contributed by atoms with Gasteiger partial charge in [-0.05, 0) is 43.0 Å². The zero-order chi connectivity index (χ0) is 15.5. The Balaban J connectivity index is 2.05. The molecule has 0 aliphatic carbocycles. The second-order valence-electron chi connectivity index (χ2n) is 5.07. The van der Waals surface area contributed by atoms with Crippen LogP contribution >= 0.6 is 0 Å². The molecule has 7 heteroatoms. The summed E-state index contributed by atoms with van der Waals surface area (Å²) in [6, 6.07) is 1.94. The minimum absolute atomic E-state index is 0.0128. The molecule has 3 nitrogen and oxygen atoms in total. The number of carbonyl (C=O) groups is 1. The van der Waals surface area contributed by atoms with E-state index in [1.165, 1.54) is 0 Å². The molecule has 1 amide bonds. The maximum atomic E-state index is 13.3. The number of alkyl halides is 3. The third-order valence-corrected chi connectivity index (χ3v) is 3.37. The number of hydrogen-bond donors (Lipinski definition) is 2. The number of hydrogen-bond acceptors (Lipinski definition) is 2. The largest absolute Gasteiger partial charge is 0.416 e. The van der Waals surface area contributed by atoms with E-state index in [0.29, 0.717) is 19.0 Å². The molecule has 0 bridgehead atoms. The van der Waals surface area contributed by atoms with E-state index in [1.54, 1.807) is 0 Å². The first kappa shape index (κ1) is 15.8. The van der Waals surface area contributed by atoms with Gasteiger partial charge in [-0.15, -0.1) is 0 Å². The molecule has 2 rings (SSSR count). The number of nitrogens with one attached hydrogen (secondary N) is 2. The van der Waals surface area contributed by atoms with Crippen LogP contribution in [0.4, 0.5) is 17.6 Å². The summed E-state index contributed by atoms with van der Waals surface area (Å²) >= 11 is 0. The monoisotopic (exact) mass is 304 g/mol. The highest BCUT2D eigenvalue weighted by Crippen LogP contribution is 2.30. The first-order valence-corrected chi connectivity index (χ1v) is 6.74. The molecule has 1 fully saturated rings. The molecule has 21 heavy (non-hydrogen) atoms. The number of rotatable bonds is 3. The van der Waals surface area contributed by atoms with Gasteiger partial charge in [0.25, 0.3) is 0 Å². The molecular formula is C14H16F4N2O. The summed E-state index contributed by atoms with van der Waals surface area (Å²) in [6.45, 7) is 0.619. The Morgan fingerprint density at radius 2 is 2.00 bits per heavy atom. The van der Waals surface area contributed by atoms with E-state index in [1.807, 2.05) is 0 Å². The molecule has 1 unspecified atom stereocenters. The van der Waals surface area contributed by atoms with Crippen molar-refractivity contribution in [1.82, 2.24) is 10.6 Å². The Kier molecular flexibility index (Phi) is 4.82. The van der Waals surface area contributed by atoms with Crippen LogP contribution in [0.2, 0.25) is 0 Å². The maximum Gasteiger partial charge on any atom is 0.416 e. The number of benzene rings is 1. The highest BCUT2D eigenvalue weighted by Gasteiger charge is 2.31. The Labute approximate surface area is 119 Å². The standard InChI is InChI=1S/C14H16F4N2O/c15-11-6-9(5-10(7-11)14(16,17)18)8-20-12-3-1-2-4-19-13(12)21/h5-7,12,20H,1-4,8H2,(H,19,21). The van der Waals surface area contributed by atoms with E-state index in [9.17, 15) is 22.4 Å². The highest BCUT2D eigenvalue weighted by molar-refractivity contribution is 5.81. The number of carbonyl (C=O) groups excluding carboxylic acids is 1. The minimum Gasteiger partial charge on any atom is -0.355 e. The summed E-state index contributed by atoms with van der Waals surface area (Å²) in [5.41, 5.74) is -0.857. The van der Waals surface area contributed by atoms with E-state index in [-0.39, 0.29) is 18.0 Å². The van der Waals surface area contributed by atoms with E-state index >= 15 is 0 Å². The van der Waals surface area contributed by atoms with Gasteiger partial charge in [-0.25, -0.2) is 4.39 Å². The van der Waals surface area contributed by atoms with Crippen LogP contribution in [0.25, 0.3) is 0 Å². The lowest BCUT2D eigenvalue weighted by atomic mass is 10.1. The van der Waals surface area contributed by atoms with Crippen LogP contribution in [-0.4, -0.2) is 18.5 Å². The Hall–Kier alpha value is -1.63. The Morgan fingerprint density at radius 3 is 2.71 bits per heavy atom. The van der Waals surface area contributed by atoms with Gasteiger partial charge >= 0.3 is 6.18 Å². The number of halogens is 4. The van der Waals surface area contributed by atoms with E-state index < -0.39 is 23.6 Å². The first-order valence-electron chi connectivity index (χ1n) is 6.74. The summed E-state index contributed by atoms with van der Waals surface area (Å²) in [7, 11) is 0. The molecule has 0 aromatic heterocycles. The van der Waals surface area contributed by atoms with Crippen molar-refractivity contribution in [2.45, 2.75) is 38.0 Å². The molecule has 0 saturated carbocycles. The van der Waals surface area contributed by atoms with Gasteiger partial charge in [-0.2, -0.15) is 13.2 Å². The van der Waals surface area contributed by atoms with Crippen LogP contribution in [0.1, 0.15) is 30.4 Å². The molecule has 0 radical (unpaired) electrons. The van der Waals surface area contributed by atoms with Crippen LogP contribution < -0.4 is 10.6 Å². The smallest absolute Gasteiger partial charge is 0.355 e. The SMILES string of the molecule is O=C1NCCCCC1NCc1cc(F)cc(C(F)(F)F)c1. The predicted molar refractivity (Wildman–Crippen MR) is 68.9 cm³/mol.